The fraction of sp³-hybridized carbons (Fsp3) is 0.368. The van der Waals surface area contributed by atoms with Gasteiger partial charge in [0.15, 0.2) is 0 Å². The van der Waals surface area contributed by atoms with Crippen LogP contribution in [0.1, 0.15) is 54.1 Å². The lowest BCUT2D eigenvalue weighted by Crippen LogP contribution is -2.10. The first kappa shape index (κ1) is 14.8. The Morgan fingerprint density at radius 3 is 2.45 bits per heavy atom. The van der Waals surface area contributed by atoms with E-state index in [4.69, 9.17) is 9.72 Å². The van der Waals surface area contributed by atoms with Crippen LogP contribution in [0, 0.1) is 0 Å². The lowest BCUT2D eigenvalue weighted by atomic mass is 9.86. The SMILES string of the molecule is COC(=O)c1ccc(C2CCCCC2)nc1-c1ccccc1. The second-order valence-electron chi connectivity index (χ2n) is 5.82. The molecule has 0 unspecified atom stereocenters. The van der Waals surface area contributed by atoms with Crippen molar-refractivity contribution in [3.63, 3.8) is 0 Å². The largest absolute Gasteiger partial charge is 0.465 e. The van der Waals surface area contributed by atoms with Crippen LogP contribution < -0.4 is 0 Å². The van der Waals surface area contributed by atoms with Gasteiger partial charge >= 0.3 is 5.97 Å². The summed E-state index contributed by atoms with van der Waals surface area (Å²) < 4.78 is 4.90. The van der Waals surface area contributed by atoms with E-state index in [9.17, 15) is 4.79 Å². The molecule has 1 aliphatic rings. The van der Waals surface area contributed by atoms with Gasteiger partial charge in [-0.15, -0.1) is 0 Å². The number of rotatable bonds is 3. The molecule has 114 valence electrons. The zero-order valence-electron chi connectivity index (χ0n) is 12.9. The highest BCUT2D eigenvalue weighted by Gasteiger charge is 2.21. The summed E-state index contributed by atoms with van der Waals surface area (Å²) >= 11 is 0. The molecule has 2 aromatic rings. The predicted molar refractivity (Wildman–Crippen MR) is 86.8 cm³/mol. The molecule has 0 amide bonds. The third-order valence-corrected chi connectivity index (χ3v) is 4.39. The highest BCUT2D eigenvalue weighted by Crippen LogP contribution is 2.33. The van der Waals surface area contributed by atoms with Crippen molar-refractivity contribution < 1.29 is 9.53 Å². The van der Waals surface area contributed by atoms with Gasteiger partial charge in [-0.05, 0) is 25.0 Å². The van der Waals surface area contributed by atoms with Gasteiger partial charge in [0, 0.05) is 17.2 Å². The van der Waals surface area contributed by atoms with Gasteiger partial charge in [0.2, 0.25) is 0 Å². The third kappa shape index (κ3) is 3.03. The van der Waals surface area contributed by atoms with E-state index in [-0.39, 0.29) is 5.97 Å². The predicted octanol–water partition coefficient (Wildman–Crippen LogP) is 4.58. The molecular formula is C19H21NO2. The van der Waals surface area contributed by atoms with Crippen LogP contribution in [-0.2, 0) is 4.74 Å². The van der Waals surface area contributed by atoms with Crippen molar-refractivity contribution in [3.05, 3.63) is 53.7 Å². The fourth-order valence-electron chi connectivity index (χ4n) is 3.19. The maximum absolute atomic E-state index is 12.0. The summed E-state index contributed by atoms with van der Waals surface area (Å²) in [6.45, 7) is 0. The Morgan fingerprint density at radius 2 is 1.77 bits per heavy atom. The lowest BCUT2D eigenvalue weighted by molar-refractivity contribution is 0.0601. The Labute approximate surface area is 131 Å². The van der Waals surface area contributed by atoms with Crippen molar-refractivity contribution in [2.24, 2.45) is 0 Å². The van der Waals surface area contributed by atoms with Gasteiger partial charge in [-0.1, -0.05) is 49.6 Å². The first-order valence-electron chi connectivity index (χ1n) is 7.94. The molecule has 0 atom stereocenters. The van der Waals surface area contributed by atoms with Gasteiger partial charge in [-0.2, -0.15) is 0 Å². The van der Waals surface area contributed by atoms with Crippen molar-refractivity contribution >= 4 is 5.97 Å². The Hall–Kier alpha value is -2.16. The molecule has 3 heteroatoms. The van der Waals surface area contributed by atoms with E-state index >= 15 is 0 Å². The summed E-state index contributed by atoms with van der Waals surface area (Å²) in [5.74, 6) is 0.185. The number of carbonyl (C=O) groups excluding carboxylic acids is 1. The van der Waals surface area contributed by atoms with E-state index in [0.29, 0.717) is 11.5 Å². The molecular weight excluding hydrogens is 274 g/mol. The van der Waals surface area contributed by atoms with Gasteiger partial charge in [0.25, 0.3) is 0 Å². The van der Waals surface area contributed by atoms with Crippen molar-refractivity contribution in [2.45, 2.75) is 38.0 Å². The molecule has 1 heterocycles. The highest BCUT2D eigenvalue weighted by molar-refractivity contribution is 5.96. The summed E-state index contributed by atoms with van der Waals surface area (Å²) in [6, 6.07) is 13.7. The number of hydrogen-bond donors (Lipinski definition) is 0. The van der Waals surface area contributed by atoms with E-state index < -0.39 is 0 Å². The van der Waals surface area contributed by atoms with Crippen molar-refractivity contribution in [1.29, 1.82) is 0 Å². The molecule has 3 nitrogen and oxygen atoms in total. The Morgan fingerprint density at radius 1 is 1.05 bits per heavy atom. The standard InChI is InChI=1S/C19H21NO2/c1-22-19(21)16-12-13-17(14-8-4-2-5-9-14)20-18(16)15-10-6-3-7-11-15/h3,6-7,10-14H,2,4-5,8-9H2,1H3. The van der Waals surface area contributed by atoms with E-state index in [1.165, 1.54) is 39.2 Å². The highest BCUT2D eigenvalue weighted by atomic mass is 16.5. The maximum Gasteiger partial charge on any atom is 0.340 e. The third-order valence-electron chi connectivity index (χ3n) is 4.39. The minimum Gasteiger partial charge on any atom is -0.465 e. The van der Waals surface area contributed by atoms with Gasteiger partial charge < -0.3 is 4.74 Å². The minimum atomic E-state index is -0.332. The molecule has 1 aromatic carbocycles. The van der Waals surface area contributed by atoms with Gasteiger partial charge in [-0.3, -0.25) is 4.98 Å². The van der Waals surface area contributed by atoms with E-state index in [1.54, 1.807) is 0 Å². The van der Waals surface area contributed by atoms with Crippen LogP contribution in [0.2, 0.25) is 0 Å². The number of aromatic nitrogens is 1. The number of esters is 1. The zero-order valence-corrected chi connectivity index (χ0v) is 12.9. The number of ether oxygens (including phenoxy) is 1. The Balaban J connectivity index is 2.04. The van der Waals surface area contributed by atoms with Crippen LogP contribution in [0.15, 0.2) is 42.5 Å². The summed E-state index contributed by atoms with van der Waals surface area (Å²) in [7, 11) is 1.41. The monoisotopic (exact) mass is 295 g/mol. The molecule has 0 spiro atoms. The first-order chi connectivity index (χ1) is 10.8. The van der Waals surface area contributed by atoms with Crippen molar-refractivity contribution in [2.75, 3.05) is 7.11 Å². The van der Waals surface area contributed by atoms with E-state index in [0.717, 1.165) is 17.0 Å². The smallest absolute Gasteiger partial charge is 0.340 e. The van der Waals surface area contributed by atoms with Crippen LogP contribution in [0.4, 0.5) is 0 Å². The summed E-state index contributed by atoms with van der Waals surface area (Å²) in [6.07, 6.45) is 6.25. The van der Waals surface area contributed by atoms with Gasteiger partial charge in [0.05, 0.1) is 18.4 Å². The van der Waals surface area contributed by atoms with Crippen LogP contribution in [0.5, 0.6) is 0 Å². The van der Waals surface area contributed by atoms with Crippen LogP contribution in [-0.4, -0.2) is 18.1 Å². The lowest BCUT2D eigenvalue weighted by Gasteiger charge is -2.22. The molecule has 3 rings (SSSR count). The van der Waals surface area contributed by atoms with Crippen molar-refractivity contribution in [1.82, 2.24) is 4.98 Å². The second-order valence-corrected chi connectivity index (χ2v) is 5.82. The quantitative estimate of drug-likeness (QED) is 0.778. The second kappa shape index (κ2) is 6.73. The average Bonchev–Trinajstić information content (AvgIpc) is 2.62. The Bertz CT molecular complexity index is 646. The van der Waals surface area contributed by atoms with Crippen LogP contribution in [0.3, 0.4) is 0 Å². The van der Waals surface area contributed by atoms with Gasteiger partial charge in [-0.25, -0.2) is 4.79 Å². The number of carbonyl (C=O) groups is 1. The summed E-state index contributed by atoms with van der Waals surface area (Å²) in [4.78, 5) is 16.9. The molecule has 0 saturated heterocycles. The topological polar surface area (TPSA) is 39.2 Å². The molecule has 1 aliphatic carbocycles. The van der Waals surface area contributed by atoms with Gasteiger partial charge in [0.1, 0.15) is 0 Å². The molecule has 0 N–H and O–H groups in total. The van der Waals surface area contributed by atoms with Crippen LogP contribution >= 0.6 is 0 Å². The van der Waals surface area contributed by atoms with Crippen molar-refractivity contribution in [3.8, 4) is 11.3 Å². The number of methoxy groups -OCH3 is 1. The molecule has 22 heavy (non-hydrogen) atoms. The molecule has 0 aliphatic heterocycles. The summed E-state index contributed by atoms with van der Waals surface area (Å²) in [5, 5.41) is 0. The number of pyridine rings is 1. The molecule has 1 aromatic heterocycles. The maximum atomic E-state index is 12.0. The van der Waals surface area contributed by atoms with E-state index in [2.05, 4.69) is 0 Å². The summed E-state index contributed by atoms with van der Waals surface area (Å²) in [5.41, 5.74) is 3.33. The number of benzene rings is 1. The normalized spacial score (nSPS) is 15.5. The minimum absolute atomic E-state index is 0.332. The molecule has 0 bridgehead atoms. The first-order valence-corrected chi connectivity index (χ1v) is 7.94. The molecule has 1 saturated carbocycles. The van der Waals surface area contributed by atoms with E-state index in [1.807, 2.05) is 42.5 Å². The fourth-order valence-corrected chi connectivity index (χ4v) is 3.19. The van der Waals surface area contributed by atoms with Crippen LogP contribution in [0.25, 0.3) is 11.3 Å². The Kier molecular flexibility index (Phi) is 4.52. The zero-order chi connectivity index (χ0) is 15.4. The number of nitrogens with zero attached hydrogens (tertiary/aromatic N) is 1. The molecule has 1 fully saturated rings. The number of hydrogen-bond acceptors (Lipinski definition) is 3. The average molecular weight is 295 g/mol. The molecule has 0 radical (unpaired) electrons.